The van der Waals surface area contributed by atoms with E-state index in [0.29, 0.717) is 6.04 Å². The number of rotatable bonds is 1. The van der Waals surface area contributed by atoms with Crippen LogP contribution in [0.5, 0.6) is 0 Å². The van der Waals surface area contributed by atoms with E-state index in [1.54, 1.807) is 0 Å². The number of ether oxygens (including phenoxy) is 1. The molecular formula is C9H17NO. The van der Waals surface area contributed by atoms with Crippen LogP contribution in [0.1, 0.15) is 34.1 Å². The topological polar surface area (TPSA) is 21.6 Å². The molecule has 2 heteroatoms. The van der Waals surface area contributed by atoms with Crippen molar-refractivity contribution in [1.29, 1.82) is 0 Å². The van der Waals surface area contributed by atoms with E-state index < -0.39 is 0 Å². The summed E-state index contributed by atoms with van der Waals surface area (Å²) < 4.78 is 5.39. The highest BCUT2D eigenvalue weighted by Gasteiger charge is 2.29. The van der Waals surface area contributed by atoms with E-state index in [2.05, 4.69) is 32.7 Å². The number of aliphatic imine (C=N–C) groups is 1. The minimum atomic E-state index is 0.247. The first-order valence-corrected chi connectivity index (χ1v) is 4.23. The lowest BCUT2D eigenvalue weighted by Crippen LogP contribution is -2.25. The molecular weight excluding hydrogens is 138 g/mol. The third kappa shape index (κ3) is 1.95. The summed E-state index contributed by atoms with van der Waals surface area (Å²) in [6.45, 7) is 9.44. The third-order valence-corrected chi connectivity index (χ3v) is 2.01. The lowest BCUT2D eigenvalue weighted by molar-refractivity contribution is 0.233. The molecule has 0 bridgehead atoms. The van der Waals surface area contributed by atoms with Crippen molar-refractivity contribution in [2.75, 3.05) is 6.61 Å². The van der Waals surface area contributed by atoms with Gasteiger partial charge in [0.15, 0.2) is 5.90 Å². The molecule has 0 aromatic rings. The van der Waals surface area contributed by atoms with Crippen LogP contribution in [-0.2, 0) is 4.74 Å². The van der Waals surface area contributed by atoms with Crippen molar-refractivity contribution < 1.29 is 4.74 Å². The quantitative estimate of drug-likeness (QED) is 0.569. The average Bonchev–Trinajstić information content (AvgIpc) is 2.32. The van der Waals surface area contributed by atoms with Gasteiger partial charge in [0.25, 0.3) is 0 Å². The molecule has 1 atom stereocenters. The maximum absolute atomic E-state index is 5.39. The fourth-order valence-corrected chi connectivity index (χ4v) is 1.06. The highest BCUT2D eigenvalue weighted by Crippen LogP contribution is 2.26. The molecule has 0 N–H and O–H groups in total. The highest BCUT2D eigenvalue weighted by atomic mass is 16.5. The minimum Gasteiger partial charge on any atom is -0.479 e. The van der Waals surface area contributed by atoms with Crippen LogP contribution in [0.15, 0.2) is 4.99 Å². The SMILES string of the molecule is CCC1=N[C@@H](C(C)(C)C)CO1. The maximum atomic E-state index is 5.39. The van der Waals surface area contributed by atoms with E-state index in [1.807, 2.05) is 0 Å². The molecule has 2 nitrogen and oxygen atoms in total. The summed E-state index contributed by atoms with van der Waals surface area (Å²) in [6.07, 6.45) is 0.923. The molecule has 1 heterocycles. The zero-order chi connectivity index (χ0) is 8.48. The molecule has 64 valence electrons. The molecule has 0 amide bonds. The molecule has 0 fully saturated rings. The van der Waals surface area contributed by atoms with E-state index >= 15 is 0 Å². The minimum absolute atomic E-state index is 0.247. The summed E-state index contributed by atoms with van der Waals surface area (Å²) >= 11 is 0. The fraction of sp³-hybridized carbons (Fsp3) is 0.889. The van der Waals surface area contributed by atoms with Crippen LogP contribution >= 0.6 is 0 Å². The Kier molecular flexibility index (Phi) is 2.21. The molecule has 1 rings (SSSR count). The predicted octanol–water partition coefficient (Wildman–Crippen LogP) is 2.24. The summed E-state index contributed by atoms with van der Waals surface area (Å²) in [4.78, 5) is 4.47. The second kappa shape index (κ2) is 2.84. The summed E-state index contributed by atoms with van der Waals surface area (Å²) in [6, 6.07) is 0.359. The van der Waals surface area contributed by atoms with Crippen LogP contribution in [0.3, 0.4) is 0 Å². The normalized spacial score (nSPS) is 24.7. The molecule has 0 saturated heterocycles. The summed E-state index contributed by atoms with van der Waals surface area (Å²) in [5, 5.41) is 0. The lowest BCUT2D eigenvalue weighted by Gasteiger charge is -2.21. The zero-order valence-electron chi connectivity index (χ0n) is 7.85. The summed E-state index contributed by atoms with van der Waals surface area (Å²) in [7, 11) is 0. The Hall–Kier alpha value is -0.530. The van der Waals surface area contributed by atoms with Crippen LogP contribution in [0.25, 0.3) is 0 Å². The van der Waals surface area contributed by atoms with E-state index in [4.69, 9.17) is 4.74 Å². The van der Waals surface area contributed by atoms with Crippen molar-refractivity contribution in [3.05, 3.63) is 0 Å². The van der Waals surface area contributed by atoms with Gasteiger partial charge in [-0.25, -0.2) is 4.99 Å². The van der Waals surface area contributed by atoms with Crippen molar-refractivity contribution in [3.8, 4) is 0 Å². The second-order valence-electron chi connectivity index (χ2n) is 4.07. The smallest absolute Gasteiger partial charge is 0.183 e. The second-order valence-corrected chi connectivity index (χ2v) is 4.07. The molecule has 0 aromatic heterocycles. The van der Waals surface area contributed by atoms with E-state index in [-0.39, 0.29) is 5.41 Å². The van der Waals surface area contributed by atoms with E-state index in [0.717, 1.165) is 18.9 Å². The van der Waals surface area contributed by atoms with Crippen molar-refractivity contribution in [1.82, 2.24) is 0 Å². The van der Waals surface area contributed by atoms with Gasteiger partial charge in [0, 0.05) is 6.42 Å². The maximum Gasteiger partial charge on any atom is 0.183 e. The molecule has 1 aliphatic rings. The molecule has 0 saturated carbocycles. The Morgan fingerprint density at radius 3 is 2.45 bits per heavy atom. The number of nitrogens with zero attached hydrogens (tertiary/aromatic N) is 1. The molecule has 1 aliphatic heterocycles. The van der Waals surface area contributed by atoms with Gasteiger partial charge < -0.3 is 4.74 Å². The zero-order valence-corrected chi connectivity index (χ0v) is 7.85. The van der Waals surface area contributed by atoms with Crippen LogP contribution in [0.2, 0.25) is 0 Å². The first-order chi connectivity index (χ1) is 5.04. The molecule has 0 unspecified atom stereocenters. The average molecular weight is 155 g/mol. The number of hydrogen-bond donors (Lipinski definition) is 0. The lowest BCUT2D eigenvalue weighted by atomic mass is 9.88. The predicted molar refractivity (Wildman–Crippen MR) is 46.9 cm³/mol. The van der Waals surface area contributed by atoms with E-state index in [9.17, 15) is 0 Å². The molecule has 0 aliphatic carbocycles. The van der Waals surface area contributed by atoms with Crippen LogP contribution in [0, 0.1) is 5.41 Å². The van der Waals surface area contributed by atoms with Gasteiger partial charge in [-0.1, -0.05) is 27.7 Å². The van der Waals surface area contributed by atoms with Crippen LogP contribution in [0.4, 0.5) is 0 Å². The Morgan fingerprint density at radius 2 is 2.18 bits per heavy atom. The Balaban J connectivity index is 2.59. The van der Waals surface area contributed by atoms with Crippen molar-refractivity contribution >= 4 is 5.90 Å². The van der Waals surface area contributed by atoms with Gasteiger partial charge in [0.05, 0.1) is 6.04 Å². The van der Waals surface area contributed by atoms with Gasteiger partial charge >= 0.3 is 0 Å². The van der Waals surface area contributed by atoms with Crippen molar-refractivity contribution in [3.63, 3.8) is 0 Å². The van der Waals surface area contributed by atoms with E-state index in [1.165, 1.54) is 0 Å². The Morgan fingerprint density at radius 1 is 1.55 bits per heavy atom. The molecule has 11 heavy (non-hydrogen) atoms. The summed E-state index contributed by atoms with van der Waals surface area (Å²) in [5.41, 5.74) is 0.247. The van der Waals surface area contributed by atoms with Gasteiger partial charge in [0.2, 0.25) is 0 Å². The largest absolute Gasteiger partial charge is 0.479 e. The van der Waals surface area contributed by atoms with Crippen LogP contribution < -0.4 is 0 Å². The van der Waals surface area contributed by atoms with Gasteiger partial charge in [0.1, 0.15) is 6.61 Å². The first kappa shape index (κ1) is 8.57. The first-order valence-electron chi connectivity index (χ1n) is 4.23. The third-order valence-electron chi connectivity index (χ3n) is 2.01. The number of hydrogen-bond acceptors (Lipinski definition) is 2. The van der Waals surface area contributed by atoms with Gasteiger partial charge in [-0.3, -0.25) is 0 Å². The Bertz CT molecular complexity index is 167. The standard InChI is InChI=1S/C9H17NO/c1-5-8-10-7(6-11-8)9(2,3)4/h7H,5-6H2,1-4H3/t7-/m1/s1. The highest BCUT2D eigenvalue weighted by molar-refractivity contribution is 5.77. The van der Waals surface area contributed by atoms with Crippen LogP contribution in [-0.4, -0.2) is 18.5 Å². The summed E-state index contributed by atoms with van der Waals surface area (Å²) in [5.74, 6) is 0.921. The fourth-order valence-electron chi connectivity index (χ4n) is 1.06. The Labute approximate surface area is 68.7 Å². The molecule has 0 radical (unpaired) electrons. The van der Waals surface area contributed by atoms with Crippen molar-refractivity contribution in [2.45, 2.75) is 40.2 Å². The molecule has 0 spiro atoms. The van der Waals surface area contributed by atoms with Crippen molar-refractivity contribution in [2.24, 2.45) is 10.4 Å². The van der Waals surface area contributed by atoms with Gasteiger partial charge in [-0.2, -0.15) is 0 Å². The van der Waals surface area contributed by atoms with Gasteiger partial charge in [-0.15, -0.1) is 0 Å². The monoisotopic (exact) mass is 155 g/mol. The molecule has 0 aromatic carbocycles. The van der Waals surface area contributed by atoms with Gasteiger partial charge in [-0.05, 0) is 5.41 Å².